The zero-order chi connectivity index (χ0) is 24.3. The Hall–Kier alpha value is -3.40. The molecule has 1 heterocycles. The van der Waals surface area contributed by atoms with E-state index in [0.29, 0.717) is 58.3 Å². The number of halogens is 1. The van der Waals surface area contributed by atoms with Crippen molar-refractivity contribution in [1.29, 1.82) is 0 Å². The molecule has 1 aliphatic heterocycles. The maximum atomic E-state index is 12.9. The molecule has 2 amide bonds. The summed E-state index contributed by atoms with van der Waals surface area (Å²) in [7, 11) is -3.58. The van der Waals surface area contributed by atoms with Crippen LogP contribution in [0.4, 0.5) is 17.1 Å². The monoisotopic (exact) mass is 498 g/mol. The molecule has 0 bridgehead atoms. The summed E-state index contributed by atoms with van der Waals surface area (Å²) in [6, 6.07) is 18.4. The first-order valence-electron chi connectivity index (χ1n) is 10.6. The summed E-state index contributed by atoms with van der Waals surface area (Å²) >= 11 is 6.23. The molecule has 176 valence electrons. The van der Waals surface area contributed by atoms with E-state index in [-0.39, 0.29) is 11.8 Å². The van der Waals surface area contributed by atoms with E-state index in [1.165, 1.54) is 4.31 Å². The van der Waals surface area contributed by atoms with Crippen molar-refractivity contribution in [1.82, 2.24) is 4.72 Å². The third-order valence-corrected chi connectivity index (χ3v) is 7.24. The number of rotatable bonds is 5. The maximum absolute atomic E-state index is 12.9. The van der Waals surface area contributed by atoms with Crippen LogP contribution in [-0.4, -0.2) is 33.3 Å². The van der Waals surface area contributed by atoms with Crippen LogP contribution in [0.1, 0.15) is 32.7 Å². The molecule has 34 heavy (non-hydrogen) atoms. The smallest absolute Gasteiger partial charge is 0.301 e. The molecule has 3 aromatic carbocycles. The largest absolute Gasteiger partial charge is 0.322 e. The van der Waals surface area contributed by atoms with Crippen LogP contribution >= 0.6 is 11.6 Å². The fraction of sp³-hybridized carbons (Fsp3) is 0.167. The summed E-state index contributed by atoms with van der Waals surface area (Å²) in [5.74, 6) is -0.689. The Kier molecular flexibility index (Phi) is 6.87. The van der Waals surface area contributed by atoms with Gasteiger partial charge in [-0.2, -0.15) is 13.1 Å². The van der Waals surface area contributed by atoms with Crippen molar-refractivity contribution in [2.45, 2.75) is 13.3 Å². The van der Waals surface area contributed by atoms with Crippen molar-refractivity contribution < 1.29 is 18.0 Å². The van der Waals surface area contributed by atoms with Gasteiger partial charge in [-0.05, 0) is 67.4 Å². The van der Waals surface area contributed by atoms with E-state index in [1.54, 1.807) is 67.6 Å². The highest BCUT2D eigenvalue weighted by atomic mass is 35.5. The number of aryl methyl sites for hydroxylation is 1. The number of carbonyl (C=O) groups is 2. The first-order chi connectivity index (χ1) is 16.2. The van der Waals surface area contributed by atoms with E-state index in [2.05, 4.69) is 15.4 Å². The van der Waals surface area contributed by atoms with Crippen LogP contribution in [0.2, 0.25) is 5.02 Å². The second-order valence-electron chi connectivity index (χ2n) is 7.79. The fourth-order valence-corrected chi connectivity index (χ4v) is 5.11. The number of hydrogen-bond donors (Lipinski definition) is 3. The van der Waals surface area contributed by atoms with Gasteiger partial charge in [0.05, 0.1) is 16.4 Å². The van der Waals surface area contributed by atoms with Crippen LogP contribution in [0, 0.1) is 6.92 Å². The van der Waals surface area contributed by atoms with Gasteiger partial charge < -0.3 is 10.6 Å². The van der Waals surface area contributed by atoms with Gasteiger partial charge in [-0.15, -0.1) is 0 Å². The van der Waals surface area contributed by atoms with Gasteiger partial charge in [-0.1, -0.05) is 29.8 Å². The van der Waals surface area contributed by atoms with E-state index in [1.807, 2.05) is 6.07 Å². The molecule has 0 atom stereocenters. The molecule has 8 nitrogen and oxygen atoms in total. The number of anilines is 3. The molecule has 3 N–H and O–H groups in total. The minimum Gasteiger partial charge on any atom is -0.322 e. The number of hydrogen-bond acceptors (Lipinski definition) is 4. The Morgan fingerprint density at radius 3 is 2.44 bits per heavy atom. The van der Waals surface area contributed by atoms with E-state index in [4.69, 9.17) is 11.6 Å². The van der Waals surface area contributed by atoms with E-state index < -0.39 is 10.2 Å². The molecule has 0 aromatic heterocycles. The summed E-state index contributed by atoms with van der Waals surface area (Å²) in [4.78, 5) is 25.4. The van der Waals surface area contributed by atoms with E-state index in [0.717, 1.165) is 0 Å². The zero-order valence-corrected chi connectivity index (χ0v) is 19.9. The summed E-state index contributed by atoms with van der Waals surface area (Å²) in [5, 5.41) is 5.89. The molecule has 1 aliphatic rings. The first kappa shape index (κ1) is 23.7. The van der Waals surface area contributed by atoms with Crippen molar-refractivity contribution in [3.05, 3.63) is 88.4 Å². The van der Waals surface area contributed by atoms with Crippen LogP contribution in [0.5, 0.6) is 0 Å². The molecule has 0 unspecified atom stereocenters. The number of amides is 2. The topological polar surface area (TPSA) is 108 Å². The van der Waals surface area contributed by atoms with E-state index >= 15 is 0 Å². The summed E-state index contributed by atoms with van der Waals surface area (Å²) in [6.07, 6.45) is 0.695. The van der Waals surface area contributed by atoms with Crippen molar-refractivity contribution >= 4 is 50.7 Å². The minimum atomic E-state index is -3.58. The molecule has 0 spiro atoms. The lowest BCUT2D eigenvalue weighted by molar-refractivity contribution is 0.101. The van der Waals surface area contributed by atoms with Gasteiger partial charge in [0.25, 0.3) is 11.8 Å². The fourth-order valence-electron chi connectivity index (χ4n) is 3.63. The second-order valence-corrected chi connectivity index (χ2v) is 9.88. The third kappa shape index (κ3) is 5.22. The van der Waals surface area contributed by atoms with Crippen LogP contribution in [-0.2, 0) is 10.2 Å². The molecule has 1 saturated heterocycles. The molecule has 4 rings (SSSR count). The van der Waals surface area contributed by atoms with E-state index in [9.17, 15) is 18.0 Å². The van der Waals surface area contributed by atoms with Crippen molar-refractivity contribution in [2.24, 2.45) is 0 Å². The Balaban J connectivity index is 1.50. The quantitative estimate of drug-likeness (QED) is 0.490. The molecule has 0 saturated carbocycles. The molecular weight excluding hydrogens is 476 g/mol. The SMILES string of the molecule is Cc1cc(N2CCCNS2(=O)=O)ccc1C(=O)Nc1ccc(Cl)c(NC(=O)c2ccccc2)c1. The van der Waals surface area contributed by atoms with Gasteiger partial charge in [0.1, 0.15) is 0 Å². The Labute approximate surface area is 203 Å². The van der Waals surface area contributed by atoms with Gasteiger partial charge >= 0.3 is 10.2 Å². The van der Waals surface area contributed by atoms with Gasteiger partial charge in [-0.3, -0.25) is 13.9 Å². The van der Waals surface area contributed by atoms with Crippen molar-refractivity contribution in [2.75, 3.05) is 28.0 Å². The highest BCUT2D eigenvalue weighted by Gasteiger charge is 2.26. The Morgan fingerprint density at radius 2 is 1.74 bits per heavy atom. The minimum absolute atomic E-state index is 0.320. The number of benzene rings is 3. The molecule has 3 aromatic rings. The number of carbonyl (C=O) groups excluding carboxylic acids is 2. The predicted octanol–water partition coefficient (Wildman–Crippen LogP) is 4.20. The summed E-state index contributed by atoms with van der Waals surface area (Å²) in [6.45, 7) is 2.53. The average Bonchev–Trinajstić information content (AvgIpc) is 2.81. The standard InChI is InChI=1S/C24H23ClN4O4S/c1-16-14-19(29-13-5-12-26-34(29,32)33)9-10-20(16)24(31)27-18-8-11-21(25)22(15-18)28-23(30)17-6-3-2-4-7-17/h2-4,6-11,14-15,26H,5,12-13H2,1H3,(H,27,31)(H,28,30). The summed E-state index contributed by atoms with van der Waals surface area (Å²) in [5.41, 5.74) is 2.82. The molecule has 0 radical (unpaired) electrons. The first-order valence-corrected chi connectivity index (χ1v) is 12.4. The molecule has 10 heteroatoms. The Bertz CT molecular complexity index is 1350. The highest BCUT2D eigenvalue weighted by Crippen LogP contribution is 2.28. The third-order valence-electron chi connectivity index (χ3n) is 5.36. The van der Waals surface area contributed by atoms with Crippen LogP contribution in [0.15, 0.2) is 66.7 Å². The number of nitrogens with one attached hydrogen (secondary N) is 3. The van der Waals surface area contributed by atoms with Crippen LogP contribution in [0.3, 0.4) is 0 Å². The lowest BCUT2D eigenvalue weighted by Crippen LogP contribution is -2.47. The Morgan fingerprint density at radius 1 is 0.971 bits per heavy atom. The van der Waals surface area contributed by atoms with Gasteiger partial charge in [-0.25, -0.2) is 0 Å². The zero-order valence-electron chi connectivity index (χ0n) is 18.3. The second kappa shape index (κ2) is 9.84. The lowest BCUT2D eigenvalue weighted by Gasteiger charge is -2.29. The molecular formula is C24H23ClN4O4S. The van der Waals surface area contributed by atoms with Gasteiger partial charge in [0.15, 0.2) is 0 Å². The maximum Gasteiger partial charge on any atom is 0.301 e. The van der Waals surface area contributed by atoms with Crippen LogP contribution < -0.4 is 19.7 Å². The van der Waals surface area contributed by atoms with Crippen LogP contribution in [0.25, 0.3) is 0 Å². The van der Waals surface area contributed by atoms with Gasteiger partial charge in [0, 0.05) is 29.9 Å². The number of nitrogens with zero attached hydrogens (tertiary/aromatic N) is 1. The molecule has 1 fully saturated rings. The predicted molar refractivity (Wildman–Crippen MR) is 134 cm³/mol. The summed E-state index contributed by atoms with van der Waals surface area (Å²) < 4.78 is 28.4. The van der Waals surface area contributed by atoms with Crippen molar-refractivity contribution in [3.63, 3.8) is 0 Å². The van der Waals surface area contributed by atoms with Gasteiger partial charge in [0.2, 0.25) is 0 Å². The lowest BCUT2D eigenvalue weighted by atomic mass is 10.1. The normalized spacial score (nSPS) is 14.9. The molecule has 0 aliphatic carbocycles. The average molecular weight is 499 g/mol. The van der Waals surface area contributed by atoms with Crippen molar-refractivity contribution in [3.8, 4) is 0 Å². The highest BCUT2D eigenvalue weighted by molar-refractivity contribution is 7.90.